The van der Waals surface area contributed by atoms with E-state index in [-0.39, 0.29) is 5.97 Å². The molecule has 1 aliphatic rings. The Balaban J connectivity index is 2.23. The topological polar surface area (TPSA) is 43.6 Å². The molecule has 24 heavy (non-hydrogen) atoms. The highest BCUT2D eigenvalue weighted by Gasteiger charge is 2.17. The maximum atomic E-state index is 12.3. The van der Waals surface area contributed by atoms with Crippen LogP contribution in [0.1, 0.15) is 30.1 Å². The number of fused-ring (bicyclic) bond motifs is 5. The number of para-hydroxylation sites is 2. The second-order valence-electron chi connectivity index (χ2n) is 5.90. The molecule has 0 fully saturated rings. The van der Waals surface area contributed by atoms with Crippen LogP contribution in [0.5, 0.6) is 0 Å². The summed E-state index contributed by atoms with van der Waals surface area (Å²) in [5.41, 5.74) is 4.36. The van der Waals surface area contributed by atoms with E-state index in [0.29, 0.717) is 11.2 Å². The standard InChI is InChI=1S/C20H18N2O2/c1-3-13-8-10-14-12-15(20(23)24-2)19-21-16-6-4-5-7-18(16)22(19)17(14)11-9-13/h4-7,9-12H,3,8H2,1-2H3. The molecule has 120 valence electrons. The van der Waals surface area contributed by atoms with Gasteiger partial charge in [-0.2, -0.15) is 0 Å². The lowest BCUT2D eigenvalue weighted by molar-refractivity contribution is 0.0602. The van der Waals surface area contributed by atoms with Crippen LogP contribution < -0.4 is 10.6 Å². The summed E-state index contributed by atoms with van der Waals surface area (Å²) in [6.07, 6.45) is 8.38. The highest BCUT2D eigenvalue weighted by molar-refractivity contribution is 5.98. The van der Waals surface area contributed by atoms with Crippen LogP contribution in [-0.2, 0) is 4.74 Å². The SMILES string of the molecule is CCC1=CC=c2c(cc(C(=O)OC)c3nc4ccccc4n23)=CC1. The molecule has 1 aliphatic carbocycles. The van der Waals surface area contributed by atoms with Gasteiger partial charge in [-0.15, -0.1) is 0 Å². The molecule has 1 aromatic carbocycles. The Labute approximate surface area is 139 Å². The van der Waals surface area contributed by atoms with Gasteiger partial charge in [0.25, 0.3) is 0 Å². The van der Waals surface area contributed by atoms with Crippen molar-refractivity contribution in [3.05, 3.63) is 58.1 Å². The van der Waals surface area contributed by atoms with Crippen molar-refractivity contribution in [3.63, 3.8) is 0 Å². The van der Waals surface area contributed by atoms with Gasteiger partial charge in [0.1, 0.15) is 5.56 Å². The highest BCUT2D eigenvalue weighted by atomic mass is 16.5. The van der Waals surface area contributed by atoms with E-state index in [1.807, 2.05) is 30.3 Å². The lowest BCUT2D eigenvalue weighted by Gasteiger charge is -2.04. The molecule has 4 nitrogen and oxygen atoms in total. The van der Waals surface area contributed by atoms with Gasteiger partial charge in [-0.05, 0) is 42.3 Å². The minimum atomic E-state index is -0.362. The summed E-state index contributed by atoms with van der Waals surface area (Å²) >= 11 is 0. The summed E-state index contributed by atoms with van der Waals surface area (Å²) < 4.78 is 7.03. The van der Waals surface area contributed by atoms with Gasteiger partial charge in [-0.3, -0.25) is 4.40 Å². The second-order valence-corrected chi connectivity index (χ2v) is 5.90. The molecule has 2 aromatic heterocycles. The van der Waals surface area contributed by atoms with Crippen LogP contribution in [0.25, 0.3) is 28.8 Å². The molecule has 0 atom stereocenters. The van der Waals surface area contributed by atoms with Crippen molar-refractivity contribution in [2.45, 2.75) is 19.8 Å². The van der Waals surface area contributed by atoms with Crippen LogP contribution >= 0.6 is 0 Å². The smallest absolute Gasteiger partial charge is 0.341 e. The van der Waals surface area contributed by atoms with Gasteiger partial charge in [0.15, 0.2) is 5.65 Å². The van der Waals surface area contributed by atoms with Gasteiger partial charge in [-0.1, -0.05) is 36.8 Å². The highest BCUT2D eigenvalue weighted by Crippen LogP contribution is 2.18. The molecule has 0 saturated heterocycles. The minimum absolute atomic E-state index is 0.362. The first-order chi connectivity index (χ1) is 11.7. The van der Waals surface area contributed by atoms with Crippen LogP contribution in [0.2, 0.25) is 0 Å². The fourth-order valence-electron chi connectivity index (χ4n) is 3.24. The van der Waals surface area contributed by atoms with Crippen molar-refractivity contribution in [2.24, 2.45) is 0 Å². The molecule has 0 spiro atoms. The van der Waals surface area contributed by atoms with Crippen LogP contribution in [0.4, 0.5) is 0 Å². The van der Waals surface area contributed by atoms with Gasteiger partial charge in [0.05, 0.1) is 23.5 Å². The molecular formula is C20H18N2O2. The number of ether oxygens (including phenoxy) is 1. The summed E-state index contributed by atoms with van der Waals surface area (Å²) in [7, 11) is 1.40. The van der Waals surface area contributed by atoms with E-state index in [9.17, 15) is 4.79 Å². The van der Waals surface area contributed by atoms with E-state index in [1.165, 1.54) is 12.7 Å². The van der Waals surface area contributed by atoms with E-state index in [1.54, 1.807) is 0 Å². The normalized spacial score (nSPS) is 13.7. The molecule has 3 aromatic rings. The van der Waals surface area contributed by atoms with Crippen LogP contribution in [0.3, 0.4) is 0 Å². The lowest BCUT2D eigenvalue weighted by atomic mass is 10.1. The number of hydrogen-bond acceptors (Lipinski definition) is 3. The average Bonchev–Trinajstić information content (AvgIpc) is 2.88. The molecule has 0 N–H and O–H groups in total. The van der Waals surface area contributed by atoms with Gasteiger partial charge in [0.2, 0.25) is 0 Å². The zero-order chi connectivity index (χ0) is 16.7. The minimum Gasteiger partial charge on any atom is -0.465 e. The number of imidazole rings is 1. The number of rotatable bonds is 2. The van der Waals surface area contributed by atoms with Crippen molar-refractivity contribution in [2.75, 3.05) is 7.11 Å². The van der Waals surface area contributed by atoms with Crippen LogP contribution in [-0.4, -0.2) is 22.5 Å². The largest absolute Gasteiger partial charge is 0.465 e. The average molecular weight is 318 g/mol. The Bertz CT molecular complexity index is 1120. The number of nitrogens with zero attached hydrogens (tertiary/aromatic N) is 2. The summed E-state index contributed by atoms with van der Waals surface area (Å²) in [5, 5.41) is 2.08. The number of carbonyl (C=O) groups is 1. The number of methoxy groups -OCH3 is 1. The number of pyridine rings is 1. The first-order valence-corrected chi connectivity index (χ1v) is 8.11. The number of benzene rings is 1. The van der Waals surface area contributed by atoms with E-state index in [2.05, 4.69) is 34.5 Å². The molecule has 0 amide bonds. The fraction of sp³-hybridized carbons (Fsp3) is 0.200. The summed E-state index contributed by atoms with van der Waals surface area (Å²) in [4.78, 5) is 17.0. The van der Waals surface area contributed by atoms with Gasteiger partial charge < -0.3 is 4.74 Å². The number of allylic oxidation sites excluding steroid dienone is 2. The van der Waals surface area contributed by atoms with Crippen molar-refractivity contribution >= 4 is 34.8 Å². The van der Waals surface area contributed by atoms with E-state index >= 15 is 0 Å². The first-order valence-electron chi connectivity index (χ1n) is 8.11. The Morgan fingerprint density at radius 2 is 2.12 bits per heavy atom. The van der Waals surface area contributed by atoms with Crippen molar-refractivity contribution in [1.82, 2.24) is 9.38 Å². The predicted octanol–water partition coefficient (Wildman–Crippen LogP) is 2.58. The van der Waals surface area contributed by atoms with Gasteiger partial charge in [-0.25, -0.2) is 9.78 Å². The van der Waals surface area contributed by atoms with Gasteiger partial charge >= 0.3 is 5.97 Å². The van der Waals surface area contributed by atoms with E-state index < -0.39 is 0 Å². The zero-order valence-corrected chi connectivity index (χ0v) is 13.7. The predicted molar refractivity (Wildman–Crippen MR) is 95.2 cm³/mol. The molecule has 0 aliphatic heterocycles. The van der Waals surface area contributed by atoms with Crippen molar-refractivity contribution < 1.29 is 9.53 Å². The molecule has 2 heterocycles. The summed E-state index contributed by atoms with van der Waals surface area (Å²) in [6, 6.07) is 9.83. The molecule has 0 bridgehead atoms. The molecular weight excluding hydrogens is 300 g/mol. The molecule has 0 unspecified atom stereocenters. The Morgan fingerprint density at radius 1 is 1.29 bits per heavy atom. The lowest BCUT2D eigenvalue weighted by Crippen LogP contribution is -2.33. The molecule has 0 saturated carbocycles. The number of carbonyl (C=O) groups excluding carboxylic acids is 1. The number of aromatic nitrogens is 2. The maximum absolute atomic E-state index is 12.3. The maximum Gasteiger partial charge on any atom is 0.341 e. The van der Waals surface area contributed by atoms with Gasteiger partial charge in [0, 0.05) is 0 Å². The number of hydrogen-bond donors (Lipinski definition) is 0. The fourth-order valence-corrected chi connectivity index (χ4v) is 3.24. The molecule has 4 rings (SSSR count). The third-order valence-electron chi connectivity index (χ3n) is 4.56. The first kappa shape index (κ1) is 14.7. The second kappa shape index (κ2) is 5.64. The Morgan fingerprint density at radius 3 is 2.92 bits per heavy atom. The van der Waals surface area contributed by atoms with E-state index in [4.69, 9.17) is 4.74 Å². The van der Waals surface area contributed by atoms with Crippen molar-refractivity contribution in [1.29, 1.82) is 0 Å². The third-order valence-corrected chi connectivity index (χ3v) is 4.56. The quantitative estimate of drug-likeness (QED) is 0.682. The monoisotopic (exact) mass is 318 g/mol. The summed E-state index contributed by atoms with van der Waals surface area (Å²) in [6.45, 7) is 2.16. The Hall–Kier alpha value is -2.88. The molecule has 4 heteroatoms. The Kier molecular flexibility index (Phi) is 3.45. The number of esters is 1. The molecule has 0 radical (unpaired) electrons. The zero-order valence-electron chi connectivity index (χ0n) is 13.7. The van der Waals surface area contributed by atoms with Crippen molar-refractivity contribution in [3.8, 4) is 0 Å². The van der Waals surface area contributed by atoms with Crippen LogP contribution in [0.15, 0.2) is 42.0 Å². The summed E-state index contributed by atoms with van der Waals surface area (Å²) in [5.74, 6) is -0.362. The third kappa shape index (κ3) is 2.14. The van der Waals surface area contributed by atoms with Crippen LogP contribution in [0, 0.1) is 0 Å². The van der Waals surface area contributed by atoms with E-state index in [0.717, 1.165) is 34.4 Å².